The van der Waals surface area contributed by atoms with Crippen molar-refractivity contribution in [2.24, 2.45) is 0 Å². The van der Waals surface area contributed by atoms with Gasteiger partial charge in [0.25, 0.3) is 0 Å². The summed E-state index contributed by atoms with van der Waals surface area (Å²) in [6.45, 7) is 10.3. The van der Waals surface area contributed by atoms with Crippen LogP contribution in [0.15, 0.2) is 0 Å². The summed E-state index contributed by atoms with van der Waals surface area (Å²) in [7, 11) is 1.73. The molecule has 0 aliphatic carbocycles. The second-order valence-electron chi connectivity index (χ2n) is 5.34. The normalized spacial score (nSPS) is 20.2. The molecule has 0 radical (unpaired) electrons. The van der Waals surface area contributed by atoms with E-state index in [1.807, 2.05) is 0 Å². The van der Waals surface area contributed by atoms with Crippen molar-refractivity contribution in [1.29, 1.82) is 0 Å². The van der Waals surface area contributed by atoms with E-state index in [4.69, 9.17) is 9.47 Å². The van der Waals surface area contributed by atoms with Gasteiger partial charge in [0, 0.05) is 45.5 Å². The molecular formula is C14H30N2O2. The molecule has 108 valence electrons. The summed E-state index contributed by atoms with van der Waals surface area (Å²) in [6.07, 6.45) is 3.63. The molecule has 1 aliphatic rings. The average molecular weight is 258 g/mol. The molecule has 0 saturated carbocycles. The number of nitrogens with one attached hydrogen (secondary N) is 1. The van der Waals surface area contributed by atoms with Gasteiger partial charge in [-0.2, -0.15) is 0 Å². The molecule has 1 rings (SSSR count). The summed E-state index contributed by atoms with van der Waals surface area (Å²) < 4.78 is 10.6. The van der Waals surface area contributed by atoms with Crippen LogP contribution in [0.5, 0.6) is 0 Å². The number of hydrogen-bond acceptors (Lipinski definition) is 4. The molecule has 4 heteroatoms. The molecule has 1 heterocycles. The van der Waals surface area contributed by atoms with Crippen LogP contribution in [0.3, 0.4) is 0 Å². The van der Waals surface area contributed by atoms with Gasteiger partial charge in [-0.05, 0) is 39.7 Å². The zero-order valence-electron chi connectivity index (χ0n) is 12.3. The minimum Gasteiger partial charge on any atom is -0.385 e. The van der Waals surface area contributed by atoms with Gasteiger partial charge in [-0.15, -0.1) is 0 Å². The molecule has 0 aromatic rings. The number of hydrogen-bond donors (Lipinski definition) is 1. The van der Waals surface area contributed by atoms with Crippen LogP contribution in [0.2, 0.25) is 0 Å². The number of ether oxygens (including phenoxy) is 2. The van der Waals surface area contributed by atoms with Crippen molar-refractivity contribution in [2.45, 2.75) is 45.2 Å². The number of rotatable bonds is 10. The van der Waals surface area contributed by atoms with E-state index in [1.165, 1.54) is 19.4 Å². The summed E-state index contributed by atoms with van der Waals surface area (Å²) >= 11 is 0. The Morgan fingerprint density at radius 3 is 2.72 bits per heavy atom. The van der Waals surface area contributed by atoms with Gasteiger partial charge in [0.2, 0.25) is 0 Å². The van der Waals surface area contributed by atoms with Crippen LogP contribution in [0.4, 0.5) is 0 Å². The maximum Gasteiger partial charge on any atom is 0.0593 e. The summed E-state index contributed by atoms with van der Waals surface area (Å²) in [5.41, 5.74) is 0. The smallest absolute Gasteiger partial charge is 0.0593 e. The third kappa shape index (κ3) is 6.69. The second kappa shape index (κ2) is 9.73. The van der Waals surface area contributed by atoms with Crippen molar-refractivity contribution in [2.75, 3.05) is 46.6 Å². The van der Waals surface area contributed by atoms with Crippen molar-refractivity contribution in [3.05, 3.63) is 0 Å². The molecule has 1 atom stereocenters. The van der Waals surface area contributed by atoms with Crippen LogP contribution < -0.4 is 5.32 Å². The van der Waals surface area contributed by atoms with Crippen LogP contribution in [0, 0.1) is 0 Å². The van der Waals surface area contributed by atoms with Gasteiger partial charge in [-0.25, -0.2) is 0 Å². The van der Waals surface area contributed by atoms with E-state index in [0.29, 0.717) is 12.1 Å². The van der Waals surface area contributed by atoms with Crippen molar-refractivity contribution >= 4 is 0 Å². The molecule has 1 aliphatic heterocycles. The number of methoxy groups -OCH3 is 1. The quantitative estimate of drug-likeness (QED) is 0.602. The Hall–Kier alpha value is -0.160. The Morgan fingerprint density at radius 2 is 2.11 bits per heavy atom. The third-order valence-corrected chi connectivity index (χ3v) is 3.51. The van der Waals surface area contributed by atoms with Crippen LogP contribution in [0.1, 0.15) is 33.1 Å². The lowest BCUT2D eigenvalue weighted by atomic mass is 10.2. The summed E-state index contributed by atoms with van der Waals surface area (Å²) in [4.78, 5) is 2.51. The first-order chi connectivity index (χ1) is 8.74. The van der Waals surface area contributed by atoms with Crippen molar-refractivity contribution in [3.63, 3.8) is 0 Å². The van der Waals surface area contributed by atoms with Crippen molar-refractivity contribution in [3.8, 4) is 0 Å². The lowest BCUT2D eigenvalue weighted by Gasteiger charge is -2.29. The van der Waals surface area contributed by atoms with Crippen LogP contribution in [-0.4, -0.2) is 63.5 Å². The molecule has 1 N–H and O–H groups in total. The van der Waals surface area contributed by atoms with Gasteiger partial charge < -0.3 is 14.8 Å². The zero-order valence-corrected chi connectivity index (χ0v) is 12.3. The molecule has 0 amide bonds. The van der Waals surface area contributed by atoms with E-state index in [0.717, 1.165) is 39.3 Å². The minimum atomic E-state index is 0.593. The molecule has 1 unspecified atom stereocenters. The molecule has 0 aromatic heterocycles. The molecule has 1 fully saturated rings. The maximum absolute atomic E-state index is 5.64. The maximum atomic E-state index is 5.64. The molecule has 4 nitrogen and oxygen atoms in total. The topological polar surface area (TPSA) is 33.7 Å². The van der Waals surface area contributed by atoms with Crippen LogP contribution in [0.25, 0.3) is 0 Å². The summed E-state index contributed by atoms with van der Waals surface area (Å²) in [6, 6.07) is 1.27. The predicted octanol–water partition coefficient (Wildman–Crippen LogP) is 1.50. The first kappa shape index (κ1) is 15.9. The Morgan fingerprint density at radius 1 is 1.28 bits per heavy atom. The van der Waals surface area contributed by atoms with Gasteiger partial charge in [-0.1, -0.05) is 0 Å². The third-order valence-electron chi connectivity index (χ3n) is 3.51. The van der Waals surface area contributed by atoms with Crippen molar-refractivity contribution in [1.82, 2.24) is 10.2 Å². The lowest BCUT2D eigenvalue weighted by molar-refractivity contribution is 0.0737. The molecule has 18 heavy (non-hydrogen) atoms. The molecule has 1 saturated heterocycles. The second-order valence-corrected chi connectivity index (χ2v) is 5.34. The first-order valence-electron chi connectivity index (χ1n) is 7.28. The van der Waals surface area contributed by atoms with Gasteiger partial charge >= 0.3 is 0 Å². The molecular weight excluding hydrogens is 228 g/mol. The fraction of sp³-hybridized carbons (Fsp3) is 1.00. The van der Waals surface area contributed by atoms with E-state index in [1.54, 1.807) is 7.11 Å². The highest BCUT2D eigenvalue weighted by molar-refractivity contribution is 4.79. The highest BCUT2D eigenvalue weighted by Crippen LogP contribution is 2.09. The van der Waals surface area contributed by atoms with E-state index >= 15 is 0 Å². The fourth-order valence-corrected chi connectivity index (χ4v) is 2.35. The lowest BCUT2D eigenvalue weighted by Crippen LogP contribution is -2.42. The predicted molar refractivity (Wildman–Crippen MR) is 75.0 cm³/mol. The summed E-state index contributed by atoms with van der Waals surface area (Å²) in [5, 5.41) is 3.56. The van der Waals surface area contributed by atoms with Gasteiger partial charge in [-0.3, -0.25) is 4.90 Å². The van der Waals surface area contributed by atoms with Gasteiger partial charge in [0.15, 0.2) is 0 Å². The van der Waals surface area contributed by atoms with E-state index in [2.05, 4.69) is 24.1 Å². The summed E-state index contributed by atoms with van der Waals surface area (Å²) in [5.74, 6) is 0. The van der Waals surface area contributed by atoms with Crippen LogP contribution in [-0.2, 0) is 9.47 Å². The van der Waals surface area contributed by atoms with Gasteiger partial charge in [0.05, 0.1) is 6.61 Å². The molecule has 0 bridgehead atoms. The standard InChI is InChI=1S/C14H30N2O2/c1-13(2)16(12-14-6-4-7-15-14)8-11-18-10-5-9-17-3/h13-15H,4-12H2,1-3H3. The zero-order chi connectivity index (χ0) is 13.2. The molecule has 0 spiro atoms. The minimum absolute atomic E-state index is 0.593. The average Bonchev–Trinajstić information content (AvgIpc) is 2.84. The highest BCUT2D eigenvalue weighted by Gasteiger charge is 2.19. The SMILES string of the molecule is COCCCOCCN(CC1CCCN1)C(C)C. The highest BCUT2D eigenvalue weighted by atomic mass is 16.5. The Balaban J connectivity index is 2.09. The Kier molecular flexibility index (Phi) is 8.59. The largest absolute Gasteiger partial charge is 0.385 e. The first-order valence-corrected chi connectivity index (χ1v) is 7.28. The van der Waals surface area contributed by atoms with E-state index in [-0.39, 0.29) is 0 Å². The van der Waals surface area contributed by atoms with E-state index in [9.17, 15) is 0 Å². The fourth-order valence-electron chi connectivity index (χ4n) is 2.35. The monoisotopic (exact) mass is 258 g/mol. The van der Waals surface area contributed by atoms with E-state index < -0.39 is 0 Å². The van der Waals surface area contributed by atoms with Crippen molar-refractivity contribution < 1.29 is 9.47 Å². The Labute approximate surface area is 112 Å². The van der Waals surface area contributed by atoms with Gasteiger partial charge in [0.1, 0.15) is 0 Å². The Bertz CT molecular complexity index is 194. The number of nitrogens with zero attached hydrogens (tertiary/aromatic N) is 1. The molecule has 0 aromatic carbocycles. The van der Waals surface area contributed by atoms with Crippen LogP contribution >= 0.6 is 0 Å².